The van der Waals surface area contributed by atoms with E-state index in [9.17, 15) is 0 Å². The van der Waals surface area contributed by atoms with Crippen LogP contribution >= 0.6 is 0 Å². The minimum absolute atomic E-state index is 0.120. The van der Waals surface area contributed by atoms with Gasteiger partial charge < -0.3 is 9.47 Å². The molecule has 0 fully saturated rings. The Kier molecular flexibility index (Phi) is 4.70. The smallest absolute Gasteiger partial charge is 0.321 e. The number of hydrogen-bond acceptors (Lipinski definition) is 4. The molecule has 3 aromatic rings. The summed E-state index contributed by atoms with van der Waals surface area (Å²) in [7, 11) is 1.65. The molecule has 0 saturated carbocycles. The van der Waals surface area contributed by atoms with Gasteiger partial charge in [0, 0.05) is 18.0 Å². The van der Waals surface area contributed by atoms with Crippen LogP contribution in [0.5, 0.6) is 17.5 Å². The summed E-state index contributed by atoms with van der Waals surface area (Å²) in [5.41, 5.74) is 3.34. The van der Waals surface area contributed by atoms with Gasteiger partial charge in [0.1, 0.15) is 11.5 Å². The largest absolute Gasteiger partial charge is 0.497 e. The van der Waals surface area contributed by atoms with Crippen LogP contribution in [0.4, 0.5) is 0 Å². The van der Waals surface area contributed by atoms with Crippen molar-refractivity contribution < 1.29 is 9.47 Å². The summed E-state index contributed by atoms with van der Waals surface area (Å²) in [6, 6.07) is 16.1. The van der Waals surface area contributed by atoms with Crippen molar-refractivity contribution in [3.63, 3.8) is 0 Å². The highest BCUT2D eigenvalue weighted by atomic mass is 16.5. The van der Waals surface area contributed by atoms with Crippen LogP contribution in [-0.2, 0) is 5.41 Å². The lowest BCUT2D eigenvalue weighted by molar-refractivity contribution is 0.415. The molecule has 1 heterocycles. The standard InChI is InChI=1S/C21H22N2O2/c1-21(2,3)17-7-11-19(12-8-17)25-20-22-13-16(14-23-20)15-5-9-18(24-4)10-6-15/h5-14H,1-4H3. The van der Waals surface area contributed by atoms with Crippen molar-refractivity contribution in [2.45, 2.75) is 26.2 Å². The summed E-state index contributed by atoms with van der Waals surface area (Å²) in [5.74, 6) is 1.55. The Morgan fingerprint density at radius 3 is 1.80 bits per heavy atom. The Morgan fingerprint density at radius 1 is 0.720 bits per heavy atom. The maximum atomic E-state index is 5.73. The van der Waals surface area contributed by atoms with Crippen molar-refractivity contribution in [2.24, 2.45) is 0 Å². The Hall–Kier alpha value is -2.88. The molecule has 0 saturated heterocycles. The van der Waals surface area contributed by atoms with Crippen molar-refractivity contribution in [2.75, 3.05) is 7.11 Å². The Bertz CT molecular complexity index is 818. The second-order valence-electron chi connectivity index (χ2n) is 6.86. The zero-order valence-electron chi connectivity index (χ0n) is 15.0. The van der Waals surface area contributed by atoms with Crippen LogP contribution in [0.3, 0.4) is 0 Å². The summed E-state index contributed by atoms with van der Waals surface area (Å²) in [5, 5.41) is 0. The number of nitrogens with zero attached hydrogens (tertiary/aromatic N) is 2. The highest BCUT2D eigenvalue weighted by molar-refractivity contribution is 5.62. The Labute approximate surface area is 148 Å². The number of ether oxygens (including phenoxy) is 2. The van der Waals surface area contributed by atoms with Gasteiger partial charge in [0.2, 0.25) is 0 Å². The van der Waals surface area contributed by atoms with Crippen LogP contribution in [0.25, 0.3) is 11.1 Å². The molecule has 0 spiro atoms. The highest BCUT2D eigenvalue weighted by Gasteiger charge is 2.13. The molecule has 4 heteroatoms. The van der Waals surface area contributed by atoms with Gasteiger partial charge in [-0.15, -0.1) is 0 Å². The van der Waals surface area contributed by atoms with Gasteiger partial charge in [-0.3, -0.25) is 0 Å². The molecule has 0 radical (unpaired) electrons. The van der Waals surface area contributed by atoms with Crippen LogP contribution in [0.15, 0.2) is 60.9 Å². The fourth-order valence-electron chi connectivity index (χ4n) is 2.43. The molecular formula is C21H22N2O2. The minimum Gasteiger partial charge on any atom is -0.497 e. The molecule has 0 aliphatic heterocycles. The van der Waals surface area contributed by atoms with Gasteiger partial charge >= 0.3 is 6.01 Å². The molecule has 0 bridgehead atoms. The molecule has 0 unspecified atom stereocenters. The summed E-state index contributed by atoms with van der Waals surface area (Å²) in [6.45, 7) is 6.55. The van der Waals surface area contributed by atoms with Gasteiger partial charge in [-0.25, -0.2) is 9.97 Å². The predicted octanol–water partition coefficient (Wildman–Crippen LogP) is 5.24. The highest BCUT2D eigenvalue weighted by Crippen LogP contribution is 2.26. The maximum Gasteiger partial charge on any atom is 0.321 e. The maximum absolute atomic E-state index is 5.73. The van der Waals surface area contributed by atoms with Crippen LogP contribution in [0, 0.1) is 0 Å². The number of methoxy groups -OCH3 is 1. The first-order valence-corrected chi connectivity index (χ1v) is 8.20. The van der Waals surface area contributed by atoms with Crippen molar-refractivity contribution >= 4 is 0 Å². The molecule has 2 aromatic carbocycles. The molecule has 0 atom stereocenters. The Balaban J connectivity index is 1.72. The van der Waals surface area contributed by atoms with Crippen LogP contribution in [-0.4, -0.2) is 17.1 Å². The van der Waals surface area contributed by atoms with Crippen LogP contribution in [0.1, 0.15) is 26.3 Å². The van der Waals surface area contributed by atoms with Gasteiger partial charge in [0.05, 0.1) is 7.11 Å². The first kappa shape index (κ1) is 17.0. The van der Waals surface area contributed by atoms with Crippen molar-refractivity contribution in [3.05, 3.63) is 66.5 Å². The second kappa shape index (κ2) is 6.93. The second-order valence-corrected chi connectivity index (χ2v) is 6.86. The van der Waals surface area contributed by atoms with Gasteiger partial charge in [-0.2, -0.15) is 0 Å². The van der Waals surface area contributed by atoms with E-state index in [2.05, 4.69) is 42.9 Å². The minimum atomic E-state index is 0.120. The molecule has 4 nitrogen and oxygen atoms in total. The molecule has 25 heavy (non-hydrogen) atoms. The Morgan fingerprint density at radius 2 is 1.28 bits per heavy atom. The third-order valence-corrected chi connectivity index (χ3v) is 3.98. The summed E-state index contributed by atoms with van der Waals surface area (Å²) < 4.78 is 10.9. The third kappa shape index (κ3) is 4.15. The summed E-state index contributed by atoms with van der Waals surface area (Å²) >= 11 is 0. The van der Waals surface area contributed by atoms with Crippen LogP contribution in [0.2, 0.25) is 0 Å². The zero-order chi connectivity index (χ0) is 17.9. The van der Waals surface area contributed by atoms with Crippen molar-refractivity contribution in [1.82, 2.24) is 9.97 Å². The topological polar surface area (TPSA) is 44.2 Å². The van der Waals surface area contributed by atoms with Gasteiger partial charge in [-0.05, 0) is 40.8 Å². The van der Waals surface area contributed by atoms with Crippen molar-refractivity contribution in [1.29, 1.82) is 0 Å². The SMILES string of the molecule is COc1ccc(-c2cnc(Oc3ccc(C(C)(C)C)cc3)nc2)cc1. The fraction of sp³-hybridized carbons (Fsp3) is 0.238. The van der Waals surface area contributed by atoms with E-state index in [1.165, 1.54) is 5.56 Å². The first-order valence-electron chi connectivity index (χ1n) is 8.20. The van der Waals surface area contributed by atoms with E-state index in [4.69, 9.17) is 9.47 Å². The predicted molar refractivity (Wildman–Crippen MR) is 99.2 cm³/mol. The lowest BCUT2D eigenvalue weighted by Gasteiger charge is -2.18. The van der Waals surface area contributed by atoms with Gasteiger partial charge in [-0.1, -0.05) is 45.0 Å². The quantitative estimate of drug-likeness (QED) is 0.654. The molecule has 0 aliphatic carbocycles. The van der Waals surface area contributed by atoms with E-state index in [-0.39, 0.29) is 5.41 Å². The monoisotopic (exact) mass is 334 g/mol. The normalized spacial score (nSPS) is 11.2. The van der Waals surface area contributed by atoms with Crippen molar-refractivity contribution in [3.8, 4) is 28.6 Å². The molecule has 0 aliphatic rings. The van der Waals surface area contributed by atoms with Gasteiger partial charge in [0.15, 0.2) is 0 Å². The summed E-state index contributed by atoms with van der Waals surface area (Å²) in [4.78, 5) is 8.60. The van der Waals surface area contributed by atoms with E-state index < -0.39 is 0 Å². The zero-order valence-corrected chi connectivity index (χ0v) is 15.0. The van der Waals surface area contributed by atoms with E-state index in [0.29, 0.717) is 6.01 Å². The lowest BCUT2D eigenvalue weighted by atomic mass is 9.87. The number of aromatic nitrogens is 2. The molecule has 1 aromatic heterocycles. The van der Waals surface area contributed by atoms with Gasteiger partial charge in [0.25, 0.3) is 0 Å². The van der Waals surface area contributed by atoms with E-state index in [1.807, 2.05) is 36.4 Å². The molecule has 0 N–H and O–H groups in total. The number of benzene rings is 2. The number of rotatable bonds is 4. The number of hydrogen-bond donors (Lipinski definition) is 0. The molecular weight excluding hydrogens is 312 g/mol. The molecule has 0 amide bonds. The van der Waals surface area contributed by atoms with E-state index in [1.54, 1.807) is 19.5 Å². The molecule has 3 rings (SSSR count). The van der Waals surface area contributed by atoms with E-state index >= 15 is 0 Å². The average molecular weight is 334 g/mol. The molecule has 128 valence electrons. The first-order chi connectivity index (χ1) is 12.0. The lowest BCUT2D eigenvalue weighted by Crippen LogP contribution is -2.10. The van der Waals surface area contributed by atoms with E-state index in [0.717, 1.165) is 22.6 Å². The summed E-state index contributed by atoms with van der Waals surface area (Å²) in [6.07, 6.45) is 3.52. The fourth-order valence-corrected chi connectivity index (χ4v) is 2.43. The third-order valence-electron chi connectivity index (χ3n) is 3.98. The average Bonchev–Trinajstić information content (AvgIpc) is 2.62. The van der Waals surface area contributed by atoms with Crippen LogP contribution < -0.4 is 9.47 Å².